The molecule has 2 N–H and O–H groups in total. The summed E-state index contributed by atoms with van der Waals surface area (Å²) in [6, 6.07) is 5.55. The van der Waals surface area contributed by atoms with Crippen molar-refractivity contribution >= 4 is 40.0 Å². The van der Waals surface area contributed by atoms with E-state index in [4.69, 9.17) is 16.7 Å². The quantitative estimate of drug-likeness (QED) is 0.284. The van der Waals surface area contributed by atoms with E-state index in [1.807, 2.05) is 12.1 Å². The molecule has 0 aliphatic rings. The highest BCUT2D eigenvalue weighted by Gasteiger charge is 2.19. The molecule has 1 unspecified atom stereocenters. The number of carbonyl (C=O) groups is 1. The molecule has 0 aliphatic heterocycles. The van der Waals surface area contributed by atoms with Crippen molar-refractivity contribution < 1.29 is 9.90 Å². The van der Waals surface area contributed by atoms with Crippen LogP contribution in [0.4, 0.5) is 0 Å². The van der Waals surface area contributed by atoms with E-state index in [-0.39, 0.29) is 18.3 Å². The van der Waals surface area contributed by atoms with Crippen LogP contribution in [0.1, 0.15) is 35.7 Å². The predicted octanol–water partition coefficient (Wildman–Crippen LogP) is 3.46. The minimum Gasteiger partial charge on any atom is -0.395 e. The largest absolute Gasteiger partial charge is 0.395 e. The normalized spacial score (nSPS) is 12.4. The Morgan fingerprint density at radius 1 is 1.50 bits per heavy atom. The molecule has 0 amide bonds. The second-order valence-corrected chi connectivity index (χ2v) is 5.89. The van der Waals surface area contributed by atoms with Gasteiger partial charge in [-0.1, -0.05) is 59.7 Å². The van der Waals surface area contributed by atoms with Gasteiger partial charge in [0.05, 0.1) is 6.61 Å². The lowest BCUT2D eigenvalue weighted by Crippen LogP contribution is -2.30. The minimum absolute atomic E-state index is 0.0620. The first kappa shape index (κ1) is 17.9. The van der Waals surface area contributed by atoms with Gasteiger partial charge in [-0.3, -0.25) is 4.79 Å². The summed E-state index contributed by atoms with van der Waals surface area (Å²) in [7, 11) is 0. The zero-order valence-electron chi connectivity index (χ0n) is 11.7. The van der Waals surface area contributed by atoms with Gasteiger partial charge in [0.15, 0.2) is 5.78 Å². The number of benzene rings is 1. The minimum atomic E-state index is -0.0620. The van der Waals surface area contributed by atoms with Crippen LogP contribution in [0.15, 0.2) is 18.2 Å². The standard InChI is InChI=1S/C15H21ClINO2/c1-2-3-13(10-18-6-7-19)15(20)11-4-5-12(9-17)14(16)8-11/h4-5,8,13,18-19H,2-3,6-7,9-10H2,1H3. The molecular weight excluding hydrogens is 389 g/mol. The Bertz CT molecular complexity index is 440. The molecule has 0 bridgehead atoms. The number of hydrogen-bond donors (Lipinski definition) is 2. The number of Topliss-reactive ketones (excluding diaryl/α,β-unsaturated/α-hetero) is 1. The molecule has 0 spiro atoms. The Morgan fingerprint density at radius 3 is 2.80 bits per heavy atom. The van der Waals surface area contributed by atoms with Crippen LogP contribution in [0, 0.1) is 5.92 Å². The fourth-order valence-corrected chi connectivity index (χ4v) is 3.21. The molecule has 20 heavy (non-hydrogen) atoms. The maximum absolute atomic E-state index is 12.5. The molecule has 5 heteroatoms. The van der Waals surface area contributed by atoms with Crippen LogP contribution in [-0.2, 0) is 4.43 Å². The molecule has 1 atom stereocenters. The topological polar surface area (TPSA) is 49.3 Å². The zero-order valence-corrected chi connectivity index (χ0v) is 14.6. The van der Waals surface area contributed by atoms with Gasteiger partial charge in [0.25, 0.3) is 0 Å². The number of carbonyl (C=O) groups excluding carboxylic acids is 1. The van der Waals surface area contributed by atoms with Gasteiger partial charge in [-0.15, -0.1) is 0 Å². The van der Waals surface area contributed by atoms with Crippen molar-refractivity contribution in [2.75, 3.05) is 19.7 Å². The van der Waals surface area contributed by atoms with Crippen molar-refractivity contribution in [1.82, 2.24) is 5.32 Å². The maximum atomic E-state index is 12.5. The predicted molar refractivity (Wildman–Crippen MR) is 91.9 cm³/mol. The number of halogens is 2. The van der Waals surface area contributed by atoms with E-state index in [1.54, 1.807) is 6.07 Å². The number of alkyl halides is 1. The molecule has 0 radical (unpaired) electrons. The van der Waals surface area contributed by atoms with Crippen LogP contribution in [-0.4, -0.2) is 30.6 Å². The summed E-state index contributed by atoms with van der Waals surface area (Å²) in [5.41, 5.74) is 1.72. The lowest BCUT2D eigenvalue weighted by atomic mass is 9.93. The number of rotatable bonds is 9. The fourth-order valence-electron chi connectivity index (χ4n) is 2.07. The Balaban J connectivity index is 2.80. The average molecular weight is 410 g/mol. The van der Waals surface area contributed by atoms with Crippen LogP contribution in [0.5, 0.6) is 0 Å². The van der Waals surface area contributed by atoms with Gasteiger partial charge in [0, 0.05) is 34.0 Å². The van der Waals surface area contributed by atoms with Gasteiger partial charge < -0.3 is 10.4 Å². The van der Waals surface area contributed by atoms with E-state index in [9.17, 15) is 4.79 Å². The number of aliphatic hydroxyl groups excluding tert-OH is 1. The Labute approximate surface area is 139 Å². The second-order valence-electron chi connectivity index (χ2n) is 4.72. The van der Waals surface area contributed by atoms with Crippen LogP contribution >= 0.6 is 34.2 Å². The second kappa shape index (κ2) is 9.71. The summed E-state index contributed by atoms with van der Waals surface area (Å²) < 4.78 is 0.835. The third-order valence-electron chi connectivity index (χ3n) is 3.17. The molecule has 1 aromatic carbocycles. The molecule has 0 saturated carbocycles. The van der Waals surface area contributed by atoms with Gasteiger partial charge in [0.1, 0.15) is 0 Å². The summed E-state index contributed by atoms with van der Waals surface area (Å²) in [5.74, 6) is 0.0623. The van der Waals surface area contributed by atoms with Crippen LogP contribution in [0.3, 0.4) is 0 Å². The summed E-state index contributed by atoms with van der Waals surface area (Å²) >= 11 is 8.43. The smallest absolute Gasteiger partial charge is 0.167 e. The third-order valence-corrected chi connectivity index (χ3v) is 4.34. The molecular formula is C15H21ClINO2. The zero-order chi connectivity index (χ0) is 15.0. The molecule has 3 nitrogen and oxygen atoms in total. The molecule has 112 valence electrons. The van der Waals surface area contributed by atoms with Crippen molar-refractivity contribution in [2.45, 2.75) is 24.2 Å². The monoisotopic (exact) mass is 409 g/mol. The highest BCUT2D eigenvalue weighted by Crippen LogP contribution is 2.23. The number of hydrogen-bond acceptors (Lipinski definition) is 3. The van der Waals surface area contributed by atoms with E-state index < -0.39 is 0 Å². The first-order chi connectivity index (χ1) is 9.63. The first-order valence-electron chi connectivity index (χ1n) is 6.84. The molecule has 1 rings (SSSR count). The van der Waals surface area contributed by atoms with Crippen LogP contribution in [0.2, 0.25) is 5.02 Å². The van der Waals surface area contributed by atoms with E-state index in [1.165, 1.54) is 0 Å². The highest BCUT2D eigenvalue weighted by molar-refractivity contribution is 14.1. The van der Waals surface area contributed by atoms with E-state index in [0.717, 1.165) is 22.8 Å². The van der Waals surface area contributed by atoms with Gasteiger partial charge in [-0.2, -0.15) is 0 Å². The lowest BCUT2D eigenvalue weighted by Gasteiger charge is -2.16. The average Bonchev–Trinajstić information content (AvgIpc) is 2.45. The van der Waals surface area contributed by atoms with E-state index in [0.29, 0.717) is 23.7 Å². The Morgan fingerprint density at radius 2 is 2.25 bits per heavy atom. The molecule has 0 aromatic heterocycles. The number of ketones is 1. The summed E-state index contributed by atoms with van der Waals surface area (Å²) in [6.07, 6.45) is 1.79. The van der Waals surface area contributed by atoms with Crippen molar-refractivity contribution in [1.29, 1.82) is 0 Å². The molecule has 1 aromatic rings. The number of aliphatic hydroxyl groups is 1. The molecule has 0 aliphatic carbocycles. The Kier molecular flexibility index (Phi) is 8.68. The van der Waals surface area contributed by atoms with Gasteiger partial charge in [0.2, 0.25) is 0 Å². The Hall–Kier alpha value is -0.170. The molecule has 0 heterocycles. The van der Waals surface area contributed by atoms with E-state index >= 15 is 0 Å². The van der Waals surface area contributed by atoms with Crippen LogP contribution < -0.4 is 5.32 Å². The van der Waals surface area contributed by atoms with Crippen molar-refractivity contribution in [3.05, 3.63) is 34.3 Å². The summed E-state index contributed by atoms with van der Waals surface area (Å²) in [6.45, 7) is 3.27. The van der Waals surface area contributed by atoms with E-state index in [2.05, 4.69) is 34.8 Å². The van der Waals surface area contributed by atoms with Crippen LogP contribution in [0.25, 0.3) is 0 Å². The molecule has 0 fully saturated rings. The SMILES string of the molecule is CCCC(CNCCO)C(=O)c1ccc(CI)c(Cl)c1. The summed E-state index contributed by atoms with van der Waals surface area (Å²) in [4.78, 5) is 12.5. The van der Waals surface area contributed by atoms with Gasteiger partial charge >= 0.3 is 0 Å². The third kappa shape index (κ3) is 5.31. The maximum Gasteiger partial charge on any atom is 0.167 e. The van der Waals surface area contributed by atoms with Crippen molar-refractivity contribution in [3.8, 4) is 0 Å². The lowest BCUT2D eigenvalue weighted by molar-refractivity contribution is 0.0910. The highest BCUT2D eigenvalue weighted by atomic mass is 127. The molecule has 0 saturated heterocycles. The van der Waals surface area contributed by atoms with Crippen molar-refractivity contribution in [3.63, 3.8) is 0 Å². The fraction of sp³-hybridized carbons (Fsp3) is 0.533. The first-order valence-corrected chi connectivity index (χ1v) is 8.74. The summed E-state index contributed by atoms with van der Waals surface area (Å²) in [5, 5.41) is 12.6. The van der Waals surface area contributed by atoms with Gasteiger partial charge in [-0.05, 0) is 18.1 Å². The van der Waals surface area contributed by atoms with Crippen molar-refractivity contribution in [2.24, 2.45) is 5.92 Å². The van der Waals surface area contributed by atoms with Gasteiger partial charge in [-0.25, -0.2) is 0 Å². The number of nitrogens with one attached hydrogen (secondary N) is 1.